The third kappa shape index (κ3) is 3.45. The van der Waals surface area contributed by atoms with Gasteiger partial charge in [-0.1, -0.05) is 29.8 Å². The summed E-state index contributed by atoms with van der Waals surface area (Å²) in [4.78, 5) is 11.5. The molecule has 0 saturated carbocycles. The molecule has 1 amide bonds. The molecule has 0 unspecified atom stereocenters. The van der Waals surface area contributed by atoms with Crippen molar-refractivity contribution < 1.29 is 14.6 Å². The number of rotatable bonds is 5. The highest BCUT2D eigenvalue weighted by atomic mass is 35.5. The van der Waals surface area contributed by atoms with Crippen LogP contribution in [0.5, 0.6) is 11.5 Å². The van der Waals surface area contributed by atoms with Crippen LogP contribution in [-0.2, 0) is 6.42 Å². The van der Waals surface area contributed by atoms with Gasteiger partial charge in [0.2, 0.25) is 0 Å². The minimum atomic E-state index is -0.682. The van der Waals surface area contributed by atoms with Crippen molar-refractivity contribution in [3.05, 3.63) is 52.5 Å². The molecule has 0 aliphatic heterocycles. The van der Waals surface area contributed by atoms with Crippen molar-refractivity contribution in [3.63, 3.8) is 0 Å². The Morgan fingerprint density at radius 2 is 2.00 bits per heavy atom. The van der Waals surface area contributed by atoms with Crippen molar-refractivity contribution >= 4 is 23.2 Å². The van der Waals surface area contributed by atoms with Crippen molar-refractivity contribution in [1.82, 2.24) is 0 Å². The predicted octanol–water partition coefficient (Wildman–Crippen LogP) is 2.35. The number of nitrogens with two attached hydrogens (primary N) is 2. The fraction of sp³-hybridized carbons (Fsp3) is 0.133. The number of carbonyl (C=O) groups is 1. The summed E-state index contributed by atoms with van der Waals surface area (Å²) >= 11 is 6.10. The summed E-state index contributed by atoms with van der Waals surface area (Å²) in [5.74, 6) is -0.0247. The predicted molar refractivity (Wildman–Crippen MR) is 81.7 cm³/mol. The Hall–Kier alpha value is -2.24. The van der Waals surface area contributed by atoms with Gasteiger partial charge < -0.3 is 21.3 Å². The number of amides is 1. The van der Waals surface area contributed by atoms with Crippen LogP contribution < -0.4 is 16.2 Å². The summed E-state index contributed by atoms with van der Waals surface area (Å²) in [7, 11) is 0. The Balaban J connectivity index is 2.47. The molecule has 110 valence electrons. The van der Waals surface area contributed by atoms with E-state index in [2.05, 4.69) is 0 Å². The van der Waals surface area contributed by atoms with Crippen LogP contribution in [-0.4, -0.2) is 17.6 Å². The molecule has 21 heavy (non-hydrogen) atoms. The number of aliphatic hydroxyl groups excluding tert-OH is 1. The van der Waals surface area contributed by atoms with E-state index in [1.165, 1.54) is 12.1 Å². The number of carbonyl (C=O) groups excluding carboxylic acids is 1. The highest BCUT2D eigenvalue weighted by molar-refractivity contribution is 6.33. The van der Waals surface area contributed by atoms with Gasteiger partial charge in [0.1, 0.15) is 5.75 Å². The number of halogens is 1. The van der Waals surface area contributed by atoms with Crippen molar-refractivity contribution in [2.75, 3.05) is 12.3 Å². The number of hydrogen-bond donors (Lipinski definition) is 3. The number of anilines is 1. The van der Waals surface area contributed by atoms with E-state index in [4.69, 9.17) is 32.9 Å². The van der Waals surface area contributed by atoms with Crippen molar-refractivity contribution in [3.8, 4) is 11.5 Å². The number of hydrogen-bond acceptors (Lipinski definition) is 4. The number of primary amides is 1. The summed E-state index contributed by atoms with van der Waals surface area (Å²) < 4.78 is 5.74. The van der Waals surface area contributed by atoms with Crippen LogP contribution in [0.2, 0.25) is 5.02 Å². The second-order valence-electron chi connectivity index (χ2n) is 4.43. The summed E-state index contributed by atoms with van der Waals surface area (Å²) in [5, 5.41) is 9.27. The molecular weight excluding hydrogens is 292 g/mol. The van der Waals surface area contributed by atoms with E-state index in [9.17, 15) is 4.79 Å². The minimum absolute atomic E-state index is 0.0154. The van der Waals surface area contributed by atoms with Crippen molar-refractivity contribution in [2.24, 2.45) is 5.73 Å². The Labute approximate surface area is 127 Å². The molecule has 2 aromatic rings. The summed E-state index contributed by atoms with van der Waals surface area (Å²) in [6.45, 7) is -0.0154. The summed E-state index contributed by atoms with van der Waals surface area (Å²) in [6.07, 6.45) is 0.425. The molecule has 0 aliphatic rings. The second-order valence-corrected chi connectivity index (χ2v) is 4.83. The van der Waals surface area contributed by atoms with Gasteiger partial charge in [0.25, 0.3) is 5.91 Å². The Morgan fingerprint density at radius 3 is 2.67 bits per heavy atom. The maximum Gasteiger partial charge on any atom is 0.252 e. The fourth-order valence-electron chi connectivity index (χ4n) is 1.94. The average molecular weight is 307 g/mol. The van der Waals surface area contributed by atoms with Crippen LogP contribution in [0.25, 0.3) is 0 Å². The first-order chi connectivity index (χ1) is 10.0. The molecule has 6 heteroatoms. The third-order valence-electron chi connectivity index (χ3n) is 2.90. The van der Waals surface area contributed by atoms with Gasteiger partial charge in [-0.15, -0.1) is 0 Å². The van der Waals surface area contributed by atoms with E-state index in [0.717, 1.165) is 5.56 Å². The smallest absolute Gasteiger partial charge is 0.252 e. The number of ether oxygens (including phenoxy) is 1. The molecule has 2 aromatic carbocycles. The average Bonchev–Trinajstić information content (AvgIpc) is 2.43. The largest absolute Gasteiger partial charge is 0.455 e. The lowest BCUT2D eigenvalue weighted by Crippen LogP contribution is -2.13. The first-order valence-electron chi connectivity index (χ1n) is 6.28. The second kappa shape index (κ2) is 6.47. The molecule has 0 atom stereocenters. The van der Waals surface area contributed by atoms with Gasteiger partial charge in [-0.05, 0) is 30.2 Å². The molecule has 0 bridgehead atoms. The van der Waals surface area contributed by atoms with E-state index in [1.807, 2.05) is 12.1 Å². The first kappa shape index (κ1) is 15.2. The standard InChI is InChI=1S/C15H15ClN2O3/c16-12-8-10(17)7-11(15(18)20)14(12)21-13-4-2-1-3-9(13)5-6-19/h1-4,7-8,19H,5-6,17H2,(H2,18,20). The Morgan fingerprint density at radius 1 is 1.29 bits per heavy atom. The first-order valence-corrected chi connectivity index (χ1v) is 6.66. The lowest BCUT2D eigenvalue weighted by atomic mass is 10.1. The van der Waals surface area contributed by atoms with Crippen LogP contribution in [0, 0.1) is 0 Å². The molecule has 5 nitrogen and oxygen atoms in total. The van der Waals surface area contributed by atoms with Gasteiger partial charge in [-0.3, -0.25) is 4.79 Å². The highest BCUT2D eigenvalue weighted by Gasteiger charge is 2.16. The lowest BCUT2D eigenvalue weighted by molar-refractivity contribution is 0.0998. The van der Waals surface area contributed by atoms with Gasteiger partial charge in [-0.25, -0.2) is 0 Å². The zero-order valence-electron chi connectivity index (χ0n) is 11.2. The molecule has 0 spiro atoms. The molecule has 0 heterocycles. The zero-order chi connectivity index (χ0) is 15.4. The maximum absolute atomic E-state index is 11.5. The van der Waals surface area contributed by atoms with Crippen LogP contribution >= 0.6 is 11.6 Å². The molecule has 0 radical (unpaired) electrons. The van der Waals surface area contributed by atoms with Gasteiger partial charge in [0.15, 0.2) is 5.75 Å². The maximum atomic E-state index is 11.5. The van der Waals surface area contributed by atoms with Gasteiger partial charge in [0, 0.05) is 12.3 Å². The monoisotopic (exact) mass is 306 g/mol. The van der Waals surface area contributed by atoms with Crippen molar-refractivity contribution in [1.29, 1.82) is 0 Å². The molecule has 0 saturated heterocycles. The number of nitrogen functional groups attached to an aromatic ring is 1. The van der Waals surface area contributed by atoms with Crippen LogP contribution in [0.15, 0.2) is 36.4 Å². The molecular formula is C15H15ClN2O3. The van der Waals surface area contributed by atoms with Crippen molar-refractivity contribution in [2.45, 2.75) is 6.42 Å². The molecule has 2 rings (SSSR count). The molecule has 0 aliphatic carbocycles. The molecule has 5 N–H and O–H groups in total. The number of benzene rings is 2. The minimum Gasteiger partial charge on any atom is -0.455 e. The summed E-state index contributed by atoms with van der Waals surface area (Å²) in [6, 6.07) is 10.1. The Kier molecular flexibility index (Phi) is 4.67. The molecule has 0 aromatic heterocycles. The van der Waals surface area contributed by atoms with Gasteiger partial charge in [0.05, 0.1) is 10.6 Å². The topological polar surface area (TPSA) is 98.6 Å². The highest BCUT2D eigenvalue weighted by Crippen LogP contribution is 2.36. The fourth-order valence-corrected chi connectivity index (χ4v) is 2.21. The van der Waals surface area contributed by atoms with E-state index < -0.39 is 5.91 Å². The number of para-hydroxylation sites is 1. The van der Waals surface area contributed by atoms with Crippen LogP contribution in [0.3, 0.4) is 0 Å². The lowest BCUT2D eigenvalue weighted by Gasteiger charge is -2.14. The Bertz CT molecular complexity index is 674. The van der Waals surface area contributed by atoms with E-state index in [-0.39, 0.29) is 22.9 Å². The zero-order valence-corrected chi connectivity index (χ0v) is 11.9. The SMILES string of the molecule is NC(=O)c1cc(N)cc(Cl)c1Oc1ccccc1CCO. The van der Waals surface area contributed by atoms with Crippen LogP contribution in [0.1, 0.15) is 15.9 Å². The number of aliphatic hydroxyl groups is 1. The van der Waals surface area contributed by atoms with E-state index >= 15 is 0 Å². The summed E-state index contributed by atoms with van der Waals surface area (Å²) in [5.41, 5.74) is 12.2. The normalized spacial score (nSPS) is 10.4. The van der Waals surface area contributed by atoms with Gasteiger partial charge in [-0.2, -0.15) is 0 Å². The van der Waals surface area contributed by atoms with E-state index in [1.54, 1.807) is 12.1 Å². The van der Waals surface area contributed by atoms with E-state index in [0.29, 0.717) is 17.9 Å². The van der Waals surface area contributed by atoms with Crippen LogP contribution in [0.4, 0.5) is 5.69 Å². The quantitative estimate of drug-likeness (QED) is 0.738. The van der Waals surface area contributed by atoms with Gasteiger partial charge >= 0.3 is 0 Å². The molecule has 0 fully saturated rings. The third-order valence-corrected chi connectivity index (χ3v) is 3.18.